The number of amides is 2. The fourth-order valence-corrected chi connectivity index (χ4v) is 4.48. The second kappa shape index (κ2) is 14.6. The maximum atomic E-state index is 13.5. The Hall–Kier alpha value is -3.47. The van der Waals surface area contributed by atoms with Crippen LogP contribution in [0, 0.1) is 11.8 Å². The van der Waals surface area contributed by atoms with Crippen molar-refractivity contribution in [1.82, 2.24) is 10.2 Å². The monoisotopic (exact) mass is 547 g/mol. The number of nitrogens with zero attached hydrogens (tertiary/aromatic N) is 1. The smallest absolute Gasteiger partial charge is 0.329 e. The first-order chi connectivity index (χ1) is 18.3. The van der Waals surface area contributed by atoms with Crippen LogP contribution >= 0.6 is 0 Å². The number of benzene rings is 1. The van der Waals surface area contributed by atoms with Crippen molar-refractivity contribution in [2.24, 2.45) is 17.6 Å². The molecule has 1 aliphatic rings. The normalized spacial score (nSPS) is 20.0. The maximum absolute atomic E-state index is 13.5. The van der Waals surface area contributed by atoms with Crippen LogP contribution in [-0.4, -0.2) is 76.6 Å². The van der Waals surface area contributed by atoms with Crippen LogP contribution in [0.1, 0.15) is 59.4 Å². The standard InChI is InChI=1S/C28H41N3O8/c1-6-17(4)26(35)30-20(14-19-10-8-7-9-11-19)28(37)39-22(15-23(33)34)25-21(38-18(5)32)12-13-31(25)27(36)24(29)16(2)3/h7-11,16-17,20-22,24-25H,6,12-15,29H2,1-5H3,(H,30,35)(H,33,34)/t17-,20-,21-,22-,24-,25-/m0/s1. The Balaban J connectivity index is 2.42. The van der Waals surface area contributed by atoms with Gasteiger partial charge >= 0.3 is 17.9 Å². The molecule has 1 aromatic carbocycles. The van der Waals surface area contributed by atoms with Gasteiger partial charge in [-0.2, -0.15) is 0 Å². The molecule has 11 nitrogen and oxygen atoms in total. The average Bonchev–Trinajstić information content (AvgIpc) is 3.29. The highest BCUT2D eigenvalue weighted by molar-refractivity contribution is 5.86. The number of ether oxygens (including phenoxy) is 2. The Labute approximate surface area is 229 Å². The van der Waals surface area contributed by atoms with E-state index in [1.165, 1.54) is 11.8 Å². The summed E-state index contributed by atoms with van der Waals surface area (Å²) in [7, 11) is 0. The van der Waals surface area contributed by atoms with Gasteiger partial charge < -0.3 is 30.5 Å². The number of hydrogen-bond donors (Lipinski definition) is 3. The third kappa shape index (κ3) is 9.05. The van der Waals surface area contributed by atoms with Crippen molar-refractivity contribution in [1.29, 1.82) is 0 Å². The Kier molecular flexibility index (Phi) is 11.9. The van der Waals surface area contributed by atoms with E-state index in [2.05, 4.69) is 5.32 Å². The summed E-state index contributed by atoms with van der Waals surface area (Å²) in [6.45, 7) is 8.49. The van der Waals surface area contributed by atoms with Gasteiger partial charge in [0.25, 0.3) is 0 Å². The summed E-state index contributed by atoms with van der Waals surface area (Å²) in [6, 6.07) is 5.95. The lowest BCUT2D eigenvalue weighted by molar-refractivity contribution is -0.167. The first kappa shape index (κ1) is 31.7. The summed E-state index contributed by atoms with van der Waals surface area (Å²) in [6.07, 6.45) is -2.01. The number of carboxylic acids is 1. The van der Waals surface area contributed by atoms with E-state index in [1.54, 1.807) is 45.0 Å². The third-order valence-corrected chi connectivity index (χ3v) is 6.97. The first-order valence-corrected chi connectivity index (χ1v) is 13.3. The fourth-order valence-electron chi connectivity index (χ4n) is 4.48. The summed E-state index contributed by atoms with van der Waals surface area (Å²) < 4.78 is 11.2. The SMILES string of the molecule is CC[C@H](C)C(=O)N[C@@H](Cc1ccccc1)C(=O)O[C@@H](CC(=O)O)[C@@H]1[C@@H](OC(C)=O)CCN1C(=O)[C@@H](N)C(C)C. The molecule has 39 heavy (non-hydrogen) atoms. The molecule has 1 aromatic rings. The molecule has 6 atom stereocenters. The molecule has 0 unspecified atom stereocenters. The summed E-state index contributed by atoms with van der Waals surface area (Å²) in [5, 5.41) is 12.4. The zero-order valence-corrected chi connectivity index (χ0v) is 23.3. The van der Waals surface area contributed by atoms with Crippen molar-refractivity contribution in [3.8, 4) is 0 Å². The molecule has 0 saturated carbocycles. The van der Waals surface area contributed by atoms with Crippen molar-refractivity contribution in [3.63, 3.8) is 0 Å². The molecular weight excluding hydrogens is 506 g/mol. The minimum atomic E-state index is -1.36. The molecular formula is C28H41N3O8. The van der Waals surface area contributed by atoms with Gasteiger partial charge in [0.05, 0.1) is 12.5 Å². The van der Waals surface area contributed by atoms with Crippen LogP contribution in [0.5, 0.6) is 0 Å². The van der Waals surface area contributed by atoms with Crippen molar-refractivity contribution in [2.45, 2.75) is 90.6 Å². The lowest BCUT2D eigenvalue weighted by Gasteiger charge is -2.35. The average molecular weight is 548 g/mol. The molecule has 2 amide bonds. The van der Waals surface area contributed by atoms with Gasteiger partial charge in [-0.1, -0.05) is 58.0 Å². The van der Waals surface area contributed by atoms with Gasteiger partial charge in [0, 0.05) is 32.2 Å². The second-order valence-electron chi connectivity index (χ2n) is 10.4. The minimum Gasteiger partial charge on any atom is -0.481 e. The number of nitrogens with one attached hydrogen (secondary N) is 1. The number of carboxylic acid groups (broad SMARTS) is 1. The molecule has 0 aromatic heterocycles. The van der Waals surface area contributed by atoms with Gasteiger partial charge in [0.2, 0.25) is 11.8 Å². The highest BCUT2D eigenvalue weighted by Crippen LogP contribution is 2.29. The van der Waals surface area contributed by atoms with Crippen LogP contribution in [-0.2, 0) is 39.9 Å². The maximum Gasteiger partial charge on any atom is 0.329 e. The number of hydrogen-bond acceptors (Lipinski definition) is 8. The number of esters is 2. The number of carbonyl (C=O) groups excluding carboxylic acids is 4. The number of nitrogens with two attached hydrogens (primary N) is 1. The molecule has 11 heteroatoms. The predicted octanol–water partition coefficient (Wildman–Crippen LogP) is 1.66. The van der Waals surface area contributed by atoms with E-state index in [-0.39, 0.29) is 37.1 Å². The Morgan fingerprint density at radius 1 is 1.13 bits per heavy atom. The topological polar surface area (TPSA) is 165 Å². The van der Waals surface area contributed by atoms with Crippen molar-refractivity contribution < 1.29 is 38.6 Å². The van der Waals surface area contributed by atoms with Gasteiger partial charge in [-0.05, 0) is 17.9 Å². The van der Waals surface area contributed by atoms with Crippen molar-refractivity contribution >= 4 is 29.7 Å². The largest absolute Gasteiger partial charge is 0.481 e. The van der Waals surface area contributed by atoms with Gasteiger partial charge in [0.1, 0.15) is 24.3 Å². The third-order valence-electron chi connectivity index (χ3n) is 6.97. The van der Waals surface area contributed by atoms with Crippen LogP contribution in [0.3, 0.4) is 0 Å². The van der Waals surface area contributed by atoms with Crippen LogP contribution < -0.4 is 11.1 Å². The van der Waals surface area contributed by atoms with E-state index in [9.17, 15) is 29.1 Å². The first-order valence-electron chi connectivity index (χ1n) is 13.3. The molecule has 1 fully saturated rings. The molecule has 0 bridgehead atoms. The summed E-state index contributed by atoms with van der Waals surface area (Å²) in [5.74, 6) is -4.11. The molecule has 2 rings (SSSR count). The van der Waals surface area contributed by atoms with Gasteiger partial charge in [0.15, 0.2) is 0 Å². The Morgan fingerprint density at radius 2 is 1.77 bits per heavy atom. The van der Waals surface area contributed by atoms with Crippen LogP contribution in [0.4, 0.5) is 0 Å². The van der Waals surface area contributed by atoms with E-state index < -0.39 is 60.6 Å². The van der Waals surface area contributed by atoms with E-state index in [0.29, 0.717) is 6.42 Å². The molecule has 216 valence electrons. The molecule has 1 saturated heterocycles. The Bertz CT molecular complexity index is 1020. The number of rotatable bonds is 13. The minimum absolute atomic E-state index is 0.112. The molecule has 1 heterocycles. The zero-order valence-electron chi connectivity index (χ0n) is 23.3. The van der Waals surface area contributed by atoms with Gasteiger partial charge in [-0.25, -0.2) is 4.79 Å². The quantitative estimate of drug-likeness (QED) is 0.311. The summed E-state index contributed by atoms with van der Waals surface area (Å²) in [4.78, 5) is 64.5. The lowest BCUT2D eigenvalue weighted by Crippen LogP contribution is -2.56. The molecule has 4 N–H and O–H groups in total. The van der Waals surface area contributed by atoms with E-state index in [0.717, 1.165) is 5.56 Å². The summed E-state index contributed by atoms with van der Waals surface area (Å²) >= 11 is 0. The van der Waals surface area contributed by atoms with Crippen LogP contribution in [0.25, 0.3) is 0 Å². The molecule has 0 aliphatic carbocycles. The Morgan fingerprint density at radius 3 is 2.31 bits per heavy atom. The number of likely N-dealkylation sites (tertiary alicyclic amines) is 1. The zero-order chi connectivity index (χ0) is 29.3. The predicted molar refractivity (Wildman–Crippen MR) is 142 cm³/mol. The summed E-state index contributed by atoms with van der Waals surface area (Å²) in [5.41, 5.74) is 6.87. The lowest BCUT2D eigenvalue weighted by atomic mass is 9.99. The van der Waals surface area contributed by atoms with E-state index >= 15 is 0 Å². The molecule has 0 radical (unpaired) electrons. The van der Waals surface area contributed by atoms with Gasteiger partial charge in [-0.3, -0.25) is 19.2 Å². The highest BCUT2D eigenvalue weighted by Gasteiger charge is 2.48. The molecule has 0 spiro atoms. The van der Waals surface area contributed by atoms with E-state index in [4.69, 9.17) is 15.2 Å². The van der Waals surface area contributed by atoms with Crippen LogP contribution in [0.15, 0.2) is 30.3 Å². The van der Waals surface area contributed by atoms with Gasteiger partial charge in [-0.15, -0.1) is 0 Å². The van der Waals surface area contributed by atoms with Crippen LogP contribution in [0.2, 0.25) is 0 Å². The van der Waals surface area contributed by atoms with E-state index in [1.807, 2.05) is 13.0 Å². The highest BCUT2D eigenvalue weighted by atomic mass is 16.6. The fraction of sp³-hybridized carbons (Fsp3) is 0.607. The van der Waals surface area contributed by atoms with Crippen molar-refractivity contribution in [3.05, 3.63) is 35.9 Å². The number of aliphatic carboxylic acids is 1. The van der Waals surface area contributed by atoms with Crippen molar-refractivity contribution in [2.75, 3.05) is 6.54 Å². The second-order valence-corrected chi connectivity index (χ2v) is 10.4. The number of carbonyl (C=O) groups is 5. The molecule has 1 aliphatic heterocycles.